The molecule has 0 aromatic heterocycles. The molecule has 1 aromatic rings. The van der Waals surface area contributed by atoms with Crippen LogP contribution in [-0.4, -0.2) is 51.5 Å². The van der Waals surface area contributed by atoms with E-state index in [4.69, 9.17) is 4.74 Å². The highest BCUT2D eigenvalue weighted by Crippen LogP contribution is 2.66. The van der Waals surface area contributed by atoms with Crippen LogP contribution in [0.5, 0.6) is 11.5 Å². The summed E-state index contributed by atoms with van der Waals surface area (Å²) in [5, 5.41) is 36.1. The highest BCUT2D eigenvalue weighted by molar-refractivity contribution is 5.90. The average molecular weight is 357 g/mol. The molecule has 138 valence electrons. The Morgan fingerprint density at radius 3 is 2.88 bits per heavy atom. The van der Waals surface area contributed by atoms with Crippen molar-refractivity contribution < 1.29 is 24.4 Å². The van der Waals surface area contributed by atoms with E-state index in [9.17, 15) is 20.2 Å². The number of Topliss-reactive ketones (excluding diaryl/α,β-unsaturated/α-hetero) is 1. The van der Waals surface area contributed by atoms with Crippen LogP contribution in [0, 0.1) is 11.1 Å². The number of piperidine rings is 1. The second-order valence-corrected chi connectivity index (χ2v) is 9.08. The first-order valence-electron chi connectivity index (χ1n) is 9.74. The SMILES string of the molecule is O=C1CC[C@@]2(O)C3Cc4ccc(O)c5c4[C@@]2(CC[N+]3([O-])CC2CC2)[C@H]1O5. The van der Waals surface area contributed by atoms with Gasteiger partial charge in [0.05, 0.1) is 18.5 Å². The van der Waals surface area contributed by atoms with E-state index in [-0.39, 0.29) is 22.6 Å². The molecule has 2 N–H and O–H groups in total. The summed E-state index contributed by atoms with van der Waals surface area (Å²) in [4.78, 5) is 12.7. The predicted molar refractivity (Wildman–Crippen MR) is 91.6 cm³/mol. The molecule has 0 amide bonds. The smallest absolute Gasteiger partial charge is 0.174 e. The van der Waals surface area contributed by atoms with Crippen molar-refractivity contribution in [2.45, 2.75) is 61.7 Å². The summed E-state index contributed by atoms with van der Waals surface area (Å²) >= 11 is 0. The van der Waals surface area contributed by atoms with E-state index in [2.05, 4.69) is 0 Å². The van der Waals surface area contributed by atoms with E-state index in [1.807, 2.05) is 6.07 Å². The fourth-order valence-electron chi connectivity index (χ4n) is 6.54. The number of phenols is 1. The Kier molecular flexibility index (Phi) is 2.63. The maximum Gasteiger partial charge on any atom is 0.174 e. The highest BCUT2D eigenvalue weighted by atomic mass is 16.6. The number of ketones is 1. The first kappa shape index (κ1) is 15.4. The Bertz CT molecular complexity index is 851. The van der Waals surface area contributed by atoms with Gasteiger partial charge in [-0.05, 0) is 30.9 Å². The van der Waals surface area contributed by atoms with E-state index in [0.29, 0.717) is 44.0 Å². The molecule has 2 aliphatic heterocycles. The van der Waals surface area contributed by atoms with Gasteiger partial charge < -0.3 is 24.8 Å². The Morgan fingerprint density at radius 1 is 1.31 bits per heavy atom. The van der Waals surface area contributed by atoms with E-state index in [1.54, 1.807) is 6.07 Å². The van der Waals surface area contributed by atoms with E-state index < -0.39 is 23.2 Å². The van der Waals surface area contributed by atoms with Gasteiger partial charge in [0.2, 0.25) is 0 Å². The van der Waals surface area contributed by atoms with Crippen molar-refractivity contribution in [3.8, 4) is 11.5 Å². The normalized spacial score (nSPS) is 45.2. The van der Waals surface area contributed by atoms with Crippen molar-refractivity contribution in [1.29, 1.82) is 0 Å². The van der Waals surface area contributed by atoms with Gasteiger partial charge in [-0.25, -0.2) is 0 Å². The molecule has 6 rings (SSSR count). The van der Waals surface area contributed by atoms with Crippen molar-refractivity contribution in [3.63, 3.8) is 0 Å². The van der Waals surface area contributed by atoms with E-state index >= 15 is 0 Å². The van der Waals surface area contributed by atoms with Crippen molar-refractivity contribution in [3.05, 3.63) is 28.5 Å². The third kappa shape index (κ3) is 1.54. The largest absolute Gasteiger partial charge is 0.632 e. The Labute approximate surface area is 151 Å². The summed E-state index contributed by atoms with van der Waals surface area (Å²) in [6.07, 6.45) is 2.91. The van der Waals surface area contributed by atoms with Crippen molar-refractivity contribution in [2.75, 3.05) is 13.1 Å². The van der Waals surface area contributed by atoms with Gasteiger partial charge in [0, 0.05) is 30.7 Å². The summed E-state index contributed by atoms with van der Waals surface area (Å²) in [6.45, 7) is 0.980. The number of carbonyl (C=O) groups excluding carboxylic acids is 1. The quantitative estimate of drug-likeness (QED) is 0.619. The number of quaternary nitrogens is 1. The number of nitrogens with zero attached hydrogens (tertiary/aromatic N) is 1. The molecular formula is C20H23NO5. The fourth-order valence-corrected chi connectivity index (χ4v) is 6.54. The minimum absolute atomic E-state index is 0.0209. The van der Waals surface area contributed by atoms with Gasteiger partial charge >= 0.3 is 0 Å². The van der Waals surface area contributed by atoms with Crippen LogP contribution in [0.2, 0.25) is 0 Å². The number of hydroxylamine groups is 3. The van der Waals surface area contributed by atoms with Crippen molar-refractivity contribution in [2.24, 2.45) is 5.92 Å². The molecular weight excluding hydrogens is 334 g/mol. The topological polar surface area (TPSA) is 89.8 Å². The van der Waals surface area contributed by atoms with Gasteiger partial charge in [0.1, 0.15) is 11.6 Å². The zero-order valence-electron chi connectivity index (χ0n) is 14.6. The average Bonchev–Trinajstić information content (AvgIpc) is 3.32. The van der Waals surface area contributed by atoms with Gasteiger partial charge in [-0.2, -0.15) is 0 Å². The molecule has 0 radical (unpaired) electrons. The molecule has 6 heteroatoms. The molecule has 3 fully saturated rings. The predicted octanol–water partition coefficient (Wildman–Crippen LogP) is 1.54. The summed E-state index contributed by atoms with van der Waals surface area (Å²) in [6, 6.07) is 2.98. The second-order valence-electron chi connectivity index (χ2n) is 9.08. The molecule has 1 spiro atoms. The lowest BCUT2D eigenvalue weighted by molar-refractivity contribution is -0.923. The number of aliphatic hydroxyl groups is 1. The Balaban J connectivity index is 1.60. The van der Waals surface area contributed by atoms with E-state index in [0.717, 1.165) is 24.0 Å². The number of phenolic OH excluding ortho intramolecular Hbond substituents is 1. The summed E-state index contributed by atoms with van der Waals surface area (Å²) in [7, 11) is 0. The maximum atomic E-state index is 13.9. The first-order valence-corrected chi connectivity index (χ1v) is 9.74. The van der Waals surface area contributed by atoms with Crippen LogP contribution in [0.3, 0.4) is 0 Å². The fraction of sp³-hybridized carbons (Fsp3) is 0.650. The van der Waals surface area contributed by atoms with Gasteiger partial charge in [0.15, 0.2) is 23.4 Å². The number of ether oxygens (including phenoxy) is 1. The zero-order valence-corrected chi connectivity index (χ0v) is 14.6. The maximum absolute atomic E-state index is 13.9. The summed E-state index contributed by atoms with van der Waals surface area (Å²) < 4.78 is 5.63. The van der Waals surface area contributed by atoms with Crippen LogP contribution >= 0.6 is 0 Å². The molecule has 3 aliphatic carbocycles. The van der Waals surface area contributed by atoms with Gasteiger partial charge in [-0.1, -0.05) is 6.07 Å². The lowest BCUT2D eigenvalue weighted by Crippen LogP contribution is -2.80. The zero-order chi connectivity index (χ0) is 17.9. The molecule has 1 saturated heterocycles. The number of likely N-dealkylation sites (tertiary alicyclic amines) is 1. The van der Waals surface area contributed by atoms with Gasteiger partial charge in [-0.15, -0.1) is 0 Å². The first-order chi connectivity index (χ1) is 12.4. The minimum atomic E-state index is -1.24. The van der Waals surface area contributed by atoms with Crippen LogP contribution in [0.15, 0.2) is 12.1 Å². The number of hydrogen-bond donors (Lipinski definition) is 2. The third-order valence-electron chi connectivity index (χ3n) is 7.85. The minimum Gasteiger partial charge on any atom is -0.632 e. The number of hydrogen-bond acceptors (Lipinski definition) is 5. The van der Waals surface area contributed by atoms with E-state index in [1.165, 1.54) is 0 Å². The van der Waals surface area contributed by atoms with Crippen LogP contribution in [0.1, 0.15) is 43.2 Å². The van der Waals surface area contributed by atoms with Crippen LogP contribution < -0.4 is 4.74 Å². The monoisotopic (exact) mass is 357 g/mol. The highest BCUT2D eigenvalue weighted by Gasteiger charge is 2.76. The number of carbonyl (C=O) groups is 1. The van der Waals surface area contributed by atoms with Crippen molar-refractivity contribution >= 4 is 5.78 Å². The Hall–Kier alpha value is -1.63. The molecule has 6 nitrogen and oxygen atoms in total. The molecule has 2 bridgehead atoms. The lowest BCUT2D eigenvalue weighted by Gasteiger charge is -2.67. The number of benzene rings is 1. The van der Waals surface area contributed by atoms with Gasteiger partial charge in [-0.3, -0.25) is 4.79 Å². The number of rotatable bonds is 2. The van der Waals surface area contributed by atoms with Gasteiger partial charge in [0.25, 0.3) is 0 Å². The molecule has 1 aromatic carbocycles. The Morgan fingerprint density at radius 2 is 2.12 bits per heavy atom. The van der Waals surface area contributed by atoms with Crippen molar-refractivity contribution in [1.82, 2.24) is 0 Å². The molecule has 2 heterocycles. The summed E-state index contributed by atoms with van der Waals surface area (Å²) in [5.74, 6) is 0.827. The van der Waals surface area contributed by atoms with Crippen LogP contribution in [0.4, 0.5) is 0 Å². The molecule has 5 aliphatic rings. The standard InChI is InChI=1S/C20H23NO5/c22-13-4-3-12-9-15-20(24)6-5-14(23)18-19(20,16(12)17(13)26-18)7-8-21(15,25)10-11-1-2-11/h3-4,11,15,18,22,24H,1-2,5-10H2/t15?,18-,19-,20+,21?/m0/s1. The second kappa shape index (κ2) is 4.43. The van der Waals surface area contributed by atoms with Crippen LogP contribution in [-0.2, 0) is 16.6 Å². The van der Waals surface area contributed by atoms with Crippen LogP contribution in [0.25, 0.3) is 0 Å². The lowest BCUT2D eigenvalue weighted by atomic mass is 9.49. The molecule has 26 heavy (non-hydrogen) atoms. The molecule has 5 atom stereocenters. The molecule has 2 saturated carbocycles. The number of aromatic hydroxyl groups is 1. The summed E-state index contributed by atoms with van der Waals surface area (Å²) in [5.41, 5.74) is -0.359. The third-order valence-corrected chi connectivity index (χ3v) is 7.85. The molecule has 2 unspecified atom stereocenters.